The van der Waals surface area contributed by atoms with E-state index in [1.807, 2.05) is 6.92 Å². The Morgan fingerprint density at radius 3 is 2.59 bits per heavy atom. The lowest BCUT2D eigenvalue weighted by molar-refractivity contribution is -0.274. The molecule has 0 bridgehead atoms. The lowest BCUT2D eigenvalue weighted by Crippen LogP contribution is -2.26. The predicted molar refractivity (Wildman–Crippen MR) is 130 cm³/mol. The number of ether oxygens (including phenoxy) is 2. The molecule has 0 aliphatic heterocycles. The molecule has 37 heavy (non-hydrogen) atoms. The highest BCUT2D eigenvalue weighted by Crippen LogP contribution is 2.33. The first kappa shape index (κ1) is 28.2. The number of hydrogen-bond acceptors (Lipinski definition) is 9. The Hall–Kier alpha value is -3.39. The molecule has 1 aliphatic rings. The summed E-state index contributed by atoms with van der Waals surface area (Å²) in [6, 6.07) is 2.47. The van der Waals surface area contributed by atoms with Gasteiger partial charge in [-0.1, -0.05) is 24.0 Å². The Kier molecular flexibility index (Phi) is 9.69. The maximum absolute atomic E-state index is 14.3. The predicted octanol–water partition coefficient (Wildman–Crippen LogP) is 6.37. The number of alkyl halides is 3. The number of anilines is 2. The van der Waals surface area contributed by atoms with E-state index in [2.05, 4.69) is 42.4 Å². The van der Waals surface area contributed by atoms with Crippen molar-refractivity contribution in [1.82, 2.24) is 10.2 Å². The van der Waals surface area contributed by atoms with E-state index < -0.39 is 35.5 Å². The van der Waals surface area contributed by atoms with Crippen LogP contribution < -0.4 is 15.4 Å². The highest BCUT2D eigenvalue weighted by molar-refractivity contribution is 7.19. The fourth-order valence-electron chi connectivity index (χ4n) is 3.80. The van der Waals surface area contributed by atoms with Crippen LogP contribution in [0, 0.1) is 11.7 Å². The van der Waals surface area contributed by atoms with E-state index >= 15 is 0 Å². The smallest absolute Gasteiger partial charge is 0.406 e. The molecule has 1 atom stereocenters. The van der Waals surface area contributed by atoms with Crippen molar-refractivity contribution < 1.29 is 31.8 Å². The van der Waals surface area contributed by atoms with E-state index in [1.165, 1.54) is 0 Å². The topological polar surface area (TPSA) is 110 Å². The van der Waals surface area contributed by atoms with Crippen LogP contribution >= 0.6 is 11.3 Å². The van der Waals surface area contributed by atoms with Crippen LogP contribution in [0.4, 0.5) is 27.8 Å². The monoisotopic (exact) mass is 542 g/mol. The van der Waals surface area contributed by atoms with Crippen LogP contribution in [0.2, 0.25) is 0 Å². The van der Waals surface area contributed by atoms with Crippen molar-refractivity contribution in [2.75, 3.05) is 17.7 Å². The minimum absolute atomic E-state index is 0.115. The number of hydrogen-bond donors (Lipinski definition) is 2. The number of methoxy groups -OCH3 is 1. The highest BCUT2D eigenvalue weighted by Gasteiger charge is 2.32. The molecule has 0 radical (unpaired) electrons. The average Bonchev–Trinajstić information content (AvgIpc) is 3.27. The van der Waals surface area contributed by atoms with Crippen molar-refractivity contribution in [3.05, 3.63) is 54.1 Å². The number of aromatic nitrogens is 2. The van der Waals surface area contributed by atoms with Gasteiger partial charge in [0.15, 0.2) is 6.10 Å². The van der Waals surface area contributed by atoms with Gasteiger partial charge in [-0.15, -0.1) is 23.4 Å². The molecule has 200 valence electrons. The maximum Gasteiger partial charge on any atom is 0.573 e. The quantitative estimate of drug-likeness (QED) is 0.267. The molecule has 3 rings (SSSR count). The molecule has 0 saturated heterocycles. The first-order valence-electron chi connectivity index (χ1n) is 11.3. The molecule has 1 fully saturated rings. The lowest BCUT2D eigenvalue weighted by Gasteiger charge is -2.28. The van der Waals surface area contributed by atoms with Crippen LogP contribution in [0.25, 0.3) is 0 Å². The van der Waals surface area contributed by atoms with E-state index in [0.29, 0.717) is 5.13 Å². The summed E-state index contributed by atoms with van der Waals surface area (Å²) in [5.41, 5.74) is 0.324. The minimum Gasteiger partial charge on any atom is -0.406 e. The first-order valence-corrected chi connectivity index (χ1v) is 12.1. The average molecular weight is 543 g/mol. The molecular weight excluding hydrogens is 516 g/mol. The zero-order chi connectivity index (χ0) is 27.0. The number of amides is 1. The zero-order valence-corrected chi connectivity index (χ0v) is 20.9. The Morgan fingerprint density at radius 1 is 1.24 bits per heavy atom. The van der Waals surface area contributed by atoms with Crippen molar-refractivity contribution in [2.24, 2.45) is 16.1 Å². The molecule has 1 heterocycles. The van der Waals surface area contributed by atoms with E-state index in [9.17, 15) is 22.4 Å². The van der Waals surface area contributed by atoms with Gasteiger partial charge in [-0.25, -0.2) is 4.39 Å². The molecule has 2 N–H and O–H groups in total. The summed E-state index contributed by atoms with van der Waals surface area (Å²) in [4.78, 5) is 12.7. The fourth-order valence-corrected chi connectivity index (χ4v) is 4.52. The van der Waals surface area contributed by atoms with Gasteiger partial charge in [-0.05, 0) is 50.8 Å². The number of azo groups is 1. The normalized spacial score (nSPS) is 19.2. The summed E-state index contributed by atoms with van der Waals surface area (Å²) in [6.07, 6.45) is 0.338. The van der Waals surface area contributed by atoms with Crippen molar-refractivity contribution in [3.8, 4) is 5.75 Å². The van der Waals surface area contributed by atoms with Gasteiger partial charge >= 0.3 is 6.36 Å². The van der Waals surface area contributed by atoms with Gasteiger partial charge in [0.25, 0.3) is 5.91 Å². The van der Waals surface area contributed by atoms with Crippen molar-refractivity contribution >= 4 is 27.5 Å². The second kappa shape index (κ2) is 12.7. The number of halogens is 4. The first-order chi connectivity index (χ1) is 17.6. The molecule has 9 nitrogen and oxygen atoms in total. The molecule has 0 unspecified atom stereocenters. The molecule has 1 aliphatic carbocycles. The molecular formula is C23H26F4N6O3S. The summed E-state index contributed by atoms with van der Waals surface area (Å²) in [5, 5.41) is 22.3. The third-order valence-corrected chi connectivity index (χ3v) is 6.31. The molecule has 14 heteroatoms. The highest BCUT2D eigenvalue weighted by atomic mass is 32.1. The molecule has 1 aromatic carbocycles. The lowest BCUT2D eigenvalue weighted by atomic mass is 9.84. The summed E-state index contributed by atoms with van der Waals surface area (Å²) in [5.74, 6) is -2.19. The Balaban J connectivity index is 1.57. The zero-order valence-electron chi connectivity index (χ0n) is 20.1. The molecule has 1 saturated carbocycles. The third-order valence-electron chi connectivity index (χ3n) is 5.54. The van der Waals surface area contributed by atoms with Crippen LogP contribution in [0.5, 0.6) is 5.75 Å². The van der Waals surface area contributed by atoms with E-state index in [4.69, 9.17) is 4.74 Å². The number of rotatable bonds is 10. The number of nitrogens with zero attached hydrogens (tertiary/aromatic N) is 4. The maximum atomic E-state index is 14.3. The largest absolute Gasteiger partial charge is 0.573 e. The van der Waals surface area contributed by atoms with Crippen molar-refractivity contribution in [3.63, 3.8) is 0 Å². The number of allylic oxidation sites excluding steroid dienone is 2. The third kappa shape index (κ3) is 8.32. The number of carbonyl (C=O) groups excluding carboxylic acids is 1. The SMILES string of the molecule is C=C(/N=N\C=C/C)[C@H]1CC[C@@H](Nc2nnc(NC(=O)[C@@H](OC)c3cc(OC(F)(F)F)ccc3F)s2)CC1. The van der Waals surface area contributed by atoms with E-state index in [0.717, 1.165) is 68.0 Å². The van der Waals surface area contributed by atoms with Gasteiger partial charge in [-0.3, -0.25) is 10.1 Å². The van der Waals surface area contributed by atoms with Crippen molar-refractivity contribution in [1.29, 1.82) is 0 Å². The van der Waals surface area contributed by atoms with Crippen LogP contribution in [0.1, 0.15) is 44.3 Å². The fraction of sp³-hybridized carbons (Fsp3) is 0.435. The van der Waals surface area contributed by atoms with Gasteiger partial charge in [0.2, 0.25) is 10.3 Å². The molecule has 1 amide bonds. The van der Waals surface area contributed by atoms with Gasteiger partial charge in [0, 0.05) is 30.8 Å². The Morgan fingerprint density at radius 2 is 1.95 bits per heavy atom. The minimum atomic E-state index is -4.97. The summed E-state index contributed by atoms with van der Waals surface area (Å²) >= 11 is 1.07. The van der Waals surface area contributed by atoms with E-state index in [1.54, 1.807) is 12.3 Å². The number of benzene rings is 1. The summed E-state index contributed by atoms with van der Waals surface area (Å²) in [6.45, 7) is 5.85. The standard InChI is InChI=1S/C23H26F4N6O3S/c1-4-11-28-31-13(2)14-5-7-15(8-6-14)29-21-32-33-22(37-21)30-20(34)19(35-3)17-12-16(9-10-18(17)24)36-23(25,26)27/h4,9-12,14-15,19H,2,5-8H2,1,3H3,(H,29,32)(H,30,33,34)/b11-4-,31-28-/t14-,15+,19-/m0/s1. The molecule has 0 spiro atoms. The molecule has 2 aromatic rings. The van der Waals surface area contributed by atoms with Crippen LogP contribution in [-0.4, -0.2) is 35.6 Å². The van der Waals surface area contributed by atoms with Gasteiger partial charge in [0.1, 0.15) is 11.6 Å². The Labute approximate surface area is 214 Å². The number of nitrogens with one attached hydrogen (secondary N) is 2. The second-order valence-electron chi connectivity index (χ2n) is 8.13. The van der Waals surface area contributed by atoms with Crippen molar-refractivity contribution in [2.45, 2.75) is 51.1 Å². The van der Waals surface area contributed by atoms with Crippen LogP contribution in [0.3, 0.4) is 0 Å². The summed E-state index contributed by atoms with van der Waals surface area (Å²) < 4.78 is 60.7. The molecule has 1 aromatic heterocycles. The van der Waals surface area contributed by atoms with Crippen LogP contribution in [-0.2, 0) is 9.53 Å². The van der Waals surface area contributed by atoms with Gasteiger partial charge < -0.3 is 14.8 Å². The van der Waals surface area contributed by atoms with Gasteiger partial charge in [0.05, 0.1) is 5.70 Å². The second-order valence-corrected chi connectivity index (χ2v) is 9.11. The number of carbonyl (C=O) groups is 1. The van der Waals surface area contributed by atoms with Crippen LogP contribution in [0.15, 0.2) is 53.0 Å². The van der Waals surface area contributed by atoms with Gasteiger partial charge in [-0.2, -0.15) is 10.2 Å². The summed E-state index contributed by atoms with van der Waals surface area (Å²) in [7, 11) is 1.13. The Bertz CT molecular complexity index is 1150. The van der Waals surface area contributed by atoms with E-state index in [-0.39, 0.29) is 17.1 Å².